The SMILES string of the molecule is O=C(Nc1nc2c(s1)CN(Cc1cccc([N+](=O)[O-])c1)CC2)c1ccccn1. The van der Waals surface area contributed by atoms with E-state index >= 15 is 0 Å². The molecule has 9 heteroatoms. The summed E-state index contributed by atoms with van der Waals surface area (Å²) < 4.78 is 0. The van der Waals surface area contributed by atoms with Gasteiger partial charge in [-0.3, -0.25) is 30.1 Å². The summed E-state index contributed by atoms with van der Waals surface area (Å²) in [5, 5.41) is 14.3. The first-order chi connectivity index (χ1) is 13.6. The molecular formula is C19H17N5O3S. The number of anilines is 1. The lowest BCUT2D eigenvalue weighted by atomic mass is 10.1. The van der Waals surface area contributed by atoms with Crippen molar-refractivity contribution in [1.29, 1.82) is 0 Å². The van der Waals surface area contributed by atoms with E-state index in [9.17, 15) is 14.9 Å². The van der Waals surface area contributed by atoms with Gasteiger partial charge >= 0.3 is 0 Å². The number of rotatable bonds is 5. The summed E-state index contributed by atoms with van der Waals surface area (Å²) in [4.78, 5) is 34.7. The molecule has 1 amide bonds. The molecule has 0 aliphatic carbocycles. The molecule has 1 aromatic carbocycles. The zero-order valence-electron chi connectivity index (χ0n) is 14.9. The van der Waals surface area contributed by atoms with Crippen LogP contribution in [0.4, 0.5) is 10.8 Å². The third-order valence-corrected chi connectivity index (χ3v) is 5.45. The van der Waals surface area contributed by atoms with Gasteiger partial charge in [-0.25, -0.2) is 4.98 Å². The summed E-state index contributed by atoms with van der Waals surface area (Å²) in [6.45, 7) is 2.15. The van der Waals surface area contributed by atoms with Gasteiger partial charge in [0, 0.05) is 49.3 Å². The first-order valence-corrected chi connectivity index (χ1v) is 9.57. The number of nitrogens with zero attached hydrogens (tertiary/aromatic N) is 4. The lowest BCUT2D eigenvalue weighted by molar-refractivity contribution is -0.384. The van der Waals surface area contributed by atoms with Crippen LogP contribution in [0.15, 0.2) is 48.7 Å². The van der Waals surface area contributed by atoms with E-state index in [0.717, 1.165) is 29.1 Å². The van der Waals surface area contributed by atoms with E-state index in [-0.39, 0.29) is 16.5 Å². The standard InChI is InChI=1S/C19H17N5O3S/c25-18(16-6-1-2-8-20-16)22-19-21-15-7-9-23(12-17(15)28-19)11-13-4-3-5-14(10-13)24(26)27/h1-6,8,10H,7,9,11-12H2,(H,21,22,25). The Balaban J connectivity index is 1.42. The molecule has 2 aromatic heterocycles. The number of hydrogen-bond donors (Lipinski definition) is 1. The molecule has 0 unspecified atom stereocenters. The van der Waals surface area contributed by atoms with Gasteiger partial charge in [0.1, 0.15) is 5.69 Å². The van der Waals surface area contributed by atoms with Crippen LogP contribution >= 0.6 is 11.3 Å². The summed E-state index contributed by atoms with van der Waals surface area (Å²) in [5.74, 6) is -0.278. The van der Waals surface area contributed by atoms with Crippen LogP contribution in [-0.4, -0.2) is 32.2 Å². The number of fused-ring (bicyclic) bond motifs is 1. The van der Waals surface area contributed by atoms with Crippen molar-refractivity contribution in [2.45, 2.75) is 19.5 Å². The van der Waals surface area contributed by atoms with Crippen molar-refractivity contribution < 1.29 is 9.72 Å². The molecule has 3 heterocycles. The van der Waals surface area contributed by atoms with Crippen LogP contribution in [0.1, 0.15) is 26.6 Å². The number of benzene rings is 1. The second-order valence-electron chi connectivity index (χ2n) is 6.45. The number of hydrogen-bond acceptors (Lipinski definition) is 7. The van der Waals surface area contributed by atoms with Crippen molar-refractivity contribution in [3.05, 3.63) is 80.6 Å². The predicted molar refractivity (Wildman–Crippen MR) is 105 cm³/mol. The Labute approximate surface area is 165 Å². The topological polar surface area (TPSA) is 101 Å². The minimum Gasteiger partial charge on any atom is -0.296 e. The van der Waals surface area contributed by atoms with E-state index < -0.39 is 0 Å². The minimum absolute atomic E-state index is 0.104. The first-order valence-electron chi connectivity index (χ1n) is 8.75. The minimum atomic E-state index is -0.377. The molecule has 0 bridgehead atoms. The molecule has 4 rings (SSSR count). The highest BCUT2D eigenvalue weighted by atomic mass is 32.1. The normalized spacial score (nSPS) is 13.7. The quantitative estimate of drug-likeness (QED) is 0.526. The highest BCUT2D eigenvalue weighted by Crippen LogP contribution is 2.29. The van der Waals surface area contributed by atoms with Gasteiger partial charge in [-0.1, -0.05) is 18.2 Å². The summed E-state index contributed by atoms with van der Waals surface area (Å²) in [6.07, 6.45) is 2.35. The molecular weight excluding hydrogens is 378 g/mol. The van der Waals surface area contributed by atoms with Gasteiger partial charge in [0.25, 0.3) is 11.6 Å². The third kappa shape index (κ3) is 4.05. The van der Waals surface area contributed by atoms with Crippen molar-refractivity contribution in [1.82, 2.24) is 14.9 Å². The fourth-order valence-corrected chi connectivity index (χ4v) is 4.17. The lowest BCUT2D eigenvalue weighted by Crippen LogP contribution is -2.29. The number of amides is 1. The molecule has 0 saturated heterocycles. The molecule has 0 fully saturated rings. The van der Waals surface area contributed by atoms with Gasteiger partial charge in [0.2, 0.25) is 0 Å². The van der Waals surface area contributed by atoms with Crippen molar-refractivity contribution >= 4 is 28.1 Å². The largest absolute Gasteiger partial charge is 0.296 e. The molecule has 1 aliphatic rings. The predicted octanol–water partition coefficient (Wildman–Crippen LogP) is 3.26. The summed E-state index contributed by atoms with van der Waals surface area (Å²) in [5.41, 5.74) is 2.36. The highest BCUT2D eigenvalue weighted by molar-refractivity contribution is 7.15. The van der Waals surface area contributed by atoms with E-state index in [0.29, 0.717) is 23.9 Å². The van der Waals surface area contributed by atoms with Gasteiger partial charge in [0.05, 0.1) is 10.6 Å². The van der Waals surface area contributed by atoms with Crippen molar-refractivity contribution in [2.24, 2.45) is 0 Å². The number of non-ortho nitro benzene ring substituents is 1. The van der Waals surface area contributed by atoms with Crippen LogP contribution in [0.3, 0.4) is 0 Å². The highest BCUT2D eigenvalue weighted by Gasteiger charge is 2.22. The van der Waals surface area contributed by atoms with E-state index in [1.165, 1.54) is 17.4 Å². The van der Waals surface area contributed by atoms with Gasteiger partial charge in [-0.05, 0) is 17.7 Å². The Morgan fingerprint density at radius 3 is 2.96 bits per heavy atom. The molecule has 1 N–H and O–H groups in total. The maximum atomic E-state index is 12.2. The molecule has 0 atom stereocenters. The van der Waals surface area contributed by atoms with Gasteiger partial charge in [-0.2, -0.15) is 0 Å². The summed E-state index contributed by atoms with van der Waals surface area (Å²) in [7, 11) is 0. The zero-order valence-corrected chi connectivity index (χ0v) is 15.7. The maximum absolute atomic E-state index is 12.2. The van der Waals surface area contributed by atoms with Crippen LogP contribution in [0.5, 0.6) is 0 Å². The molecule has 8 nitrogen and oxygen atoms in total. The Morgan fingerprint density at radius 2 is 2.18 bits per heavy atom. The zero-order chi connectivity index (χ0) is 19.5. The monoisotopic (exact) mass is 395 g/mol. The van der Waals surface area contributed by atoms with E-state index in [1.807, 2.05) is 6.07 Å². The number of nitro benzene ring substituents is 1. The smallest absolute Gasteiger partial charge is 0.276 e. The van der Waals surface area contributed by atoms with Crippen molar-refractivity contribution in [3.63, 3.8) is 0 Å². The number of aromatic nitrogens is 2. The Hall–Kier alpha value is -3.17. The second kappa shape index (κ2) is 7.83. The molecule has 3 aromatic rings. The Kier molecular flexibility index (Phi) is 5.09. The first kappa shape index (κ1) is 18.2. The number of carbonyl (C=O) groups is 1. The van der Waals surface area contributed by atoms with E-state index in [1.54, 1.807) is 36.5 Å². The Morgan fingerprint density at radius 1 is 1.29 bits per heavy atom. The average molecular weight is 395 g/mol. The molecule has 28 heavy (non-hydrogen) atoms. The van der Waals surface area contributed by atoms with Crippen molar-refractivity contribution in [3.8, 4) is 0 Å². The molecule has 142 valence electrons. The average Bonchev–Trinajstić information content (AvgIpc) is 3.10. The van der Waals surface area contributed by atoms with Gasteiger partial charge in [-0.15, -0.1) is 11.3 Å². The molecule has 0 spiro atoms. The van der Waals surface area contributed by atoms with Crippen molar-refractivity contribution in [2.75, 3.05) is 11.9 Å². The fraction of sp³-hybridized carbons (Fsp3) is 0.211. The number of thiazole rings is 1. The molecule has 1 aliphatic heterocycles. The van der Waals surface area contributed by atoms with Crippen LogP contribution in [0.2, 0.25) is 0 Å². The van der Waals surface area contributed by atoms with Crippen LogP contribution < -0.4 is 5.32 Å². The Bertz CT molecular complexity index is 1020. The van der Waals surface area contributed by atoms with Gasteiger partial charge in [0.15, 0.2) is 5.13 Å². The number of carbonyl (C=O) groups excluding carboxylic acids is 1. The summed E-state index contributed by atoms with van der Waals surface area (Å²) >= 11 is 1.46. The maximum Gasteiger partial charge on any atom is 0.276 e. The van der Waals surface area contributed by atoms with Crippen LogP contribution in [0, 0.1) is 10.1 Å². The fourth-order valence-electron chi connectivity index (χ4n) is 3.12. The van der Waals surface area contributed by atoms with E-state index in [2.05, 4.69) is 20.2 Å². The van der Waals surface area contributed by atoms with Crippen LogP contribution in [-0.2, 0) is 19.5 Å². The number of pyridine rings is 1. The van der Waals surface area contributed by atoms with E-state index in [4.69, 9.17) is 0 Å². The van der Waals surface area contributed by atoms with Crippen LogP contribution in [0.25, 0.3) is 0 Å². The summed E-state index contributed by atoms with van der Waals surface area (Å²) in [6, 6.07) is 11.9. The third-order valence-electron chi connectivity index (χ3n) is 4.46. The number of nitro groups is 1. The lowest BCUT2D eigenvalue weighted by Gasteiger charge is -2.25. The number of nitrogens with one attached hydrogen (secondary N) is 1. The molecule has 0 saturated carbocycles. The van der Waals surface area contributed by atoms with Gasteiger partial charge < -0.3 is 0 Å². The second-order valence-corrected chi connectivity index (χ2v) is 7.53. The molecule has 0 radical (unpaired) electrons.